The van der Waals surface area contributed by atoms with Crippen molar-refractivity contribution in [3.63, 3.8) is 0 Å². The number of hydrogen-bond donors (Lipinski definition) is 0. The molecule has 0 aromatic heterocycles. The Balaban J connectivity index is 1.60. The standard InChI is InChI=1S/C26H30F2O2/c1-3-5-20-14-19-11-13-22(25(28)24(19)26(29)30-20)18-10-12-21(23(27)15-18)17-8-6-16(4-2)7-9-17/h10-13,15-17,20H,3-9,14H2,1-2H3. The minimum atomic E-state index is -0.612. The highest BCUT2D eigenvalue weighted by Crippen LogP contribution is 2.39. The summed E-state index contributed by atoms with van der Waals surface area (Å²) in [5.74, 6) is -0.511. The van der Waals surface area contributed by atoms with Gasteiger partial charge in [-0.15, -0.1) is 0 Å². The second-order valence-electron chi connectivity index (χ2n) is 8.84. The van der Waals surface area contributed by atoms with Crippen LogP contribution in [0.1, 0.15) is 86.2 Å². The molecule has 4 rings (SSSR count). The van der Waals surface area contributed by atoms with Gasteiger partial charge in [-0.05, 0) is 66.7 Å². The third-order valence-corrected chi connectivity index (χ3v) is 6.94. The fourth-order valence-electron chi connectivity index (χ4n) is 5.12. The van der Waals surface area contributed by atoms with Crippen LogP contribution >= 0.6 is 0 Å². The number of benzene rings is 2. The van der Waals surface area contributed by atoms with Gasteiger partial charge in [0.05, 0.1) is 5.56 Å². The van der Waals surface area contributed by atoms with Gasteiger partial charge < -0.3 is 4.74 Å². The van der Waals surface area contributed by atoms with Crippen molar-refractivity contribution in [3.8, 4) is 11.1 Å². The van der Waals surface area contributed by atoms with E-state index in [0.29, 0.717) is 17.5 Å². The highest BCUT2D eigenvalue weighted by molar-refractivity contribution is 5.94. The molecule has 0 spiro atoms. The first-order valence-electron chi connectivity index (χ1n) is 11.3. The normalized spacial score (nSPS) is 23.7. The van der Waals surface area contributed by atoms with Crippen LogP contribution in [0.2, 0.25) is 0 Å². The van der Waals surface area contributed by atoms with Crippen LogP contribution in [-0.2, 0) is 11.2 Å². The molecule has 1 fully saturated rings. The predicted octanol–water partition coefficient (Wildman–Crippen LogP) is 7.20. The predicted molar refractivity (Wildman–Crippen MR) is 115 cm³/mol. The van der Waals surface area contributed by atoms with Crippen molar-refractivity contribution in [2.45, 2.75) is 77.2 Å². The molecule has 0 N–H and O–H groups in total. The number of halogens is 2. The van der Waals surface area contributed by atoms with E-state index in [0.717, 1.165) is 50.0 Å². The zero-order valence-corrected chi connectivity index (χ0v) is 17.8. The van der Waals surface area contributed by atoms with Crippen LogP contribution in [0, 0.1) is 17.6 Å². The Morgan fingerprint density at radius 3 is 2.47 bits per heavy atom. The van der Waals surface area contributed by atoms with Crippen LogP contribution in [0.15, 0.2) is 30.3 Å². The fourth-order valence-corrected chi connectivity index (χ4v) is 5.12. The molecule has 2 aromatic carbocycles. The Bertz CT molecular complexity index is 929. The highest BCUT2D eigenvalue weighted by Gasteiger charge is 2.30. The smallest absolute Gasteiger partial charge is 0.341 e. The largest absolute Gasteiger partial charge is 0.458 e. The average molecular weight is 413 g/mol. The lowest BCUT2D eigenvalue weighted by atomic mass is 9.77. The van der Waals surface area contributed by atoms with Crippen LogP contribution in [0.3, 0.4) is 0 Å². The zero-order chi connectivity index (χ0) is 21.3. The van der Waals surface area contributed by atoms with Gasteiger partial charge in [-0.3, -0.25) is 0 Å². The van der Waals surface area contributed by atoms with Gasteiger partial charge in [-0.2, -0.15) is 0 Å². The van der Waals surface area contributed by atoms with Gasteiger partial charge in [0.15, 0.2) is 0 Å². The Morgan fingerprint density at radius 2 is 1.80 bits per heavy atom. The maximum atomic E-state index is 15.2. The molecular formula is C26H30F2O2. The number of ether oxygens (including phenoxy) is 1. The van der Waals surface area contributed by atoms with Gasteiger partial charge >= 0.3 is 5.97 Å². The summed E-state index contributed by atoms with van der Waals surface area (Å²) >= 11 is 0. The first-order chi connectivity index (χ1) is 14.5. The molecule has 1 aliphatic heterocycles. The summed E-state index contributed by atoms with van der Waals surface area (Å²) in [6, 6.07) is 8.45. The first-order valence-corrected chi connectivity index (χ1v) is 11.3. The number of esters is 1. The third-order valence-electron chi connectivity index (χ3n) is 6.94. The molecule has 4 heteroatoms. The van der Waals surface area contributed by atoms with Crippen LogP contribution in [-0.4, -0.2) is 12.1 Å². The quantitative estimate of drug-likeness (QED) is 0.486. The Morgan fingerprint density at radius 1 is 1.03 bits per heavy atom. The van der Waals surface area contributed by atoms with E-state index < -0.39 is 11.8 Å². The van der Waals surface area contributed by atoms with E-state index in [9.17, 15) is 9.18 Å². The minimum absolute atomic E-state index is 0.00206. The van der Waals surface area contributed by atoms with Crippen molar-refractivity contribution in [2.24, 2.45) is 5.92 Å². The van der Waals surface area contributed by atoms with E-state index in [1.165, 1.54) is 12.5 Å². The van der Waals surface area contributed by atoms with E-state index in [2.05, 4.69) is 6.92 Å². The second kappa shape index (κ2) is 8.87. The SMILES string of the molecule is CCCC1Cc2ccc(-c3ccc(C4CCC(CC)CC4)c(F)c3)c(F)c2C(=O)O1. The number of fused-ring (bicyclic) bond motifs is 1. The number of cyclic esters (lactones) is 1. The first kappa shape index (κ1) is 21.0. The number of rotatable bonds is 5. The van der Waals surface area contributed by atoms with Crippen molar-refractivity contribution >= 4 is 5.97 Å². The minimum Gasteiger partial charge on any atom is -0.458 e. The van der Waals surface area contributed by atoms with Crippen LogP contribution in [0.25, 0.3) is 11.1 Å². The van der Waals surface area contributed by atoms with Gasteiger partial charge in [0.2, 0.25) is 0 Å². The monoisotopic (exact) mass is 412 g/mol. The maximum absolute atomic E-state index is 15.2. The van der Waals surface area contributed by atoms with Crippen LogP contribution < -0.4 is 0 Å². The summed E-state index contributed by atoms with van der Waals surface area (Å²) in [7, 11) is 0. The molecule has 0 radical (unpaired) electrons. The summed E-state index contributed by atoms with van der Waals surface area (Å²) < 4.78 is 35.6. The van der Waals surface area contributed by atoms with E-state index >= 15 is 4.39 Å². The lowest BCUT2D eigenvalue weighted by molar-refractivity contribution is 0.0230. The Labute approximate surface area is 177 Å². The molecule has 1 aliphatic carbocycles. The summed E-state index contributed by atoms with van der Waals surface area (Å²) in [5.41, 5.74) is 2.12. The fraction of sp³-hybridized carbons (Fsp3) is 0.500. The van der Waals surface area contributed by atoms with Gasteiger partial charge in [-0.1, -0.05) is 51.0 Å². The van der Waals surface area contributed by atoms with Crippen molar-refractivity contribution in [1.82, 2.24) is 0 Å². The molecule has 1 saturated carbocycles. The molecule has 0 saturated heterocycles. The van der Waals surface area contributed by atoms with E-state index in [1.807, 2.05) is 6.92 Å². The van der Waals surface area contributed by atoms with Crippen molar-refractivity contribution in [1.29, 1.82) is 0 Å². The molecule has 30 heavy (non-hydrogen) atoms. The highest BCUT2D eigenvalue weighted by atomic mass is 19.1. The van der Waals surface area contributed by atoms with Crippen LogP contribution in [0.4, 0.5) is 8.78 Å². The molecule has 2 aromatic rings. The lowest BCUT2D eigenvalue weighted by Gasteiger charge is -2.28. The van der Waals surface area contributed by atoms with E-state index in [-0.39, 0.29) is 29.0 Å². The average Bonchev–Trinajstić information content (AvgIpc) is 2.74. The molecule has 0 bridgehead atoms. The van der Waals surface area contributed by atoms with Gasteiger partial charge in [0.25, 0.3) is 0 Å². The van der Waals surface area contributed by atoms with E-state index in [4.69, 9.17) is 4.74 Å². The second-order valence-corrected chi connectivity index (χ2v) is 8.84. The Kier molecular flexibility index (Phi) is 6.21. The van der Waals surface area contributed by atoms with Crippen LogP contribution in [0.5, 0.6) is 0 Å². The molecular weight excluding hydrogens is 382 g/mol. The molecule has 0 amide bonds. The summed E-state index contributed by atoms with van der Waals surface area (Å²) in [5, 5.41) is 0. The van der Waals surface area contributed by atoms with Gasteiger partial charge in [0.1, 0.15) is 17.7 Å². The summed E-state index contributed by atoms with van der Waals surface area (Å²) in [6.45, 7) is 4.24. The third kappa shape index (κ3) is 4.01. The summed E-state index contributed by atoms with van der Waals surface area (Å²) in [6.07, 6.45) is 7.49. The van der Waals surface area contributed by atoms with Crippen molar-refractivity contribution in [3.05, 3.63) is 58.7 Å². The molecule has 2 aliphatic rings. The molecule has 1 heterocycles. The number of carbonyl (C=O) groups is 1. The molecule has 1 unspecified atom stereocenters. The van der Waals surface area contributed by atoms with Crippen molar-refractivity contribution in [2.75, 3.05) is 0 Å². The van der Waals surface area contributed by atoms with Gasteiger partial charge in [0, 0.05) is 12.0 Å². The number of carbonyl (C=O) groups excluding carboxylic acids is 1. The summed E-state index contributed by atoms with van der Waals surface area (Å²) in [4.78, 5) is 12.4. The van der Waals surface area contributed by atoms with E-state index in [1.54, 1.807) is 24.3 Å². The zero-order valence-electron chi connectivity index (χ0n) is 17.8. The molecule has 1 atom stereocenters. The maximum Gasteiger partial charge on any atom is 0.341 e. The molecule has 160 valence electrons. The molecule has 2 nitrogen and oxygen atoms in total. The Hall–Kier alpha value is -2.23. The lowest BCUT2D eigenvalue weighted by Crippen LogP contribution is -2.28. The van der Waals surface area contributed by atoms with Gasteiger partial charge in [-0.25, -0.2) is 13.6 Å². The number of hydrogen-bond acceptors (Lipinski definition) is 2. The topological polar surface area (TPSA) is 26.3 Å². The van der Waals surface area contributed by atoms with Crippen molar-refractivity contribution < 1.29 is 18.3 Å².